The third-order valence-electron chi connectivity index (χ3n) is 6.90. The van der Waals surface area contributed by atoms with Crippen LogP contribution in [0.3, 0.4) is 0 Å². The Morgan fingerprint density at radius 3 is 2.61 bits per heavy atom. The van der Waals surface area contributed by atoms with E-state index in [1.165, 1.54) is 10.9 Å². The highest BCUT2D eigenvalue weighted by Gasteiger charge is 2.33. The first-order valence-electron chi connectivity index (χ1n) is 12.5. The standard InChI is InChI=1S/C28H32ClN5O2/c1-3-33(4-2)17-21(35)18-36-22-9-6-19(7-10-22)27-26-23(24-16-20(29)8-11-25(24)32-26)12-15-34(27)28-30-13-5-14-31-28/h5-11,13-14,16,21,27,32,35H,3-4,12,15,17-18H2,1-2H3. The minimum Gasteiger partial charge on any atom is -0.491 e. The number of benzene rings is 2. The number of nitrogens with one attached hydrogen (secondary N) is 1. The highest BCUT2D eigenvalue weighted by Crippen LogP contribution is 2.40. The predicted molar refractivity (Wildman–Crippen MR) is 144 cm³/mol. The summed E-state index contributed by atoms with van der Waals surface area (Å²) in [5.41, 5.74) is 4.60. The van der Waals surface area contributed by atoms with Crippen molar-refractivity contribution in [3.63, 3.8) is 0 Å². The first-order chi connectivity index (χ1) is 17.6. The van der Waals surface area contributed by atoms with Crippen LogP contribution in [0.5, 0.6) is 5.75 Å². The van der Waals surface area contributed by atoms with Crippen molar-refractivity contribution >= 4 is 28.5 Å². The van der Waals surface area contributed by atoms with Gasteiger partial charge in [-0.25, -0.2) is 9.97 Å². The molecule has 0 radical (unpaired) electrons. The molecule has 2 unspecified atom stereocenters. The average Bonchev–Trinajstić information content (AvgIpc) is 3.28. The maximum Gasteiger partial charge on any atom is 0.226 e. The first kappa shape index (κ1) is 24.6. The molecular weight excluding hydrogens is 474 g/mol. The second-order valence-electron chi connectivity index (χ2n) is 9.12. The van der Waals surface area contributed by atoms with E-state index in [9.17, 15) is 5.11 Å². The molecule has 0 saturated heterocycles. The minimum atomic E-state index is -0.533. The number of ether oxygens (including phenoxy) is 1. The maximum absolute atomic E-state index is 10.4. The van der Waals surface area contributed by atoms with Crippen LogP contribution in [0.15, 0.2) is 60.9 Å². The van der Waals surface area contributed by atoms with Crippen LogP contribution in [-0.4, -0.2) is 63.8 Å². The number of nitrogens with zero attached hydrogens (tertiary/aromatic N) is 4. The van der Waals surface area contributed by atoms with Gasteiger partial charge in [0.05, 0.1) is 6.04 Å². The van der Waals surface area contributed by atoms with Crippen molar-refractivity contribution in [2.75, 3.05) is 37.7 Å². The molecule has 2 atom stereocenters. The third-order valence-corrected chi connectivity index (χ3v) is 7.13. The Morgan fingerprint density at radius 2 is 1.89 bits per heavy atom. The Labute approximate surface area is 216 Å². The fourth-order valence-electron chi connectivity index (χ4n) is 5.03. The van der Waals surface area contributed by atoms with E-state index in [0.717, 1.165) is 53.6 Å². The number of hydrogen-bond donors (Lipinski definition) is 2. The number of fused-ring (bicyclic) bond motifs is 3. The zero-order valence-electron chi connectivity index (χ0n) is 20.7. The quantitative estimate of drug-likeness (QED) is 0.339. The van der Waals surface area contributed by atoms with Gasteiger partial charge in [0.25, 0.3) is 0 Å². The van der Waals surface area contributed by atoms with Crippen molar-refractivity contribution in [3.05, 3.63) is 82.8 Å². The van der Waals surface area contributed by atoms with E-state index in [2.05, 4.69) is 50.7 Å². The van der Waals surface area contributed by atoms with E-state index in [1.807, 2.05) is 36.4 Å². The van der Waals surface area contributed by atoms with Crippen LogP contribution >= 0.6 is 11.6 Å². The molecule has 2 N–H and O–H groups in total. The number of aliphatic hydroxyl groups excluding tert-OH is 1. The molecule has 8 heteroatoms. The molecule has 0 aliphatic carbocycles. The van der Waals surface area contributed by atoms with Crippen molar-refractivity contribution in [1.29, 1.82) is 0 Å². The smallest absolute Gasteiger partial charge is 0.226 e. The van der Waals surface area contributed by atoms with Gasteiger partial charge in [0.2, 0.25) is 5.95 Å². The van der Waals surface area contributed by atoms with Crippen molar-refractivity contribution in [1.82, 2.24) is 19.9 Å². The minimum absolute atomic E-state index is 0.0790. The normalized spacial score (nSPS) is 16.4. The highest BCUT2D eigenvalue weighted by atomic mass is 35.5. The molecule has 7 nitrogen and oxygen atoms in total. The second kappa shape index (κ2) is 10.9. The molecule has 0 spiro atoms. The van der Waals surface area contributed by atoms with Crippen LogP contribution in [0.1, 0.15) is 36.7 Å². The van der Waals surface area contributed by atoms with Gasteiger partial charge in [-0.3, -0.25) is 0 Å². The van der Waals surface area contributed by atoms with E-state index < -0.39 is 6.10 Å². The number of aromatic nitrogens is 3. The number of likely N-dealkylation sites (N-methyl/N-ethyl adjacent to an activating group) is 1. The molecule has 0 fully saturated rings. The maximum atomic E-state index is 10.4. The van der Waals surface area contributed by atoms with Crippen LogP contribution in [-0.2, 0) is 6.42 Å². The van der Waals surface area contributed by atoms with E-state index in [1.54, 1.807) is 12.4 Å². The number of hydrogen-bond acceptors (Lipinski definition) is 6. The van der Waals surface area contributed by atoms with Crippen LogP contribution in [0.2, 0.25) is 5.02 Å². The molecular formula is C28H32ClN5O2. The van der Waals surface area contributed by atoms with E-state index in [-0.39, 0.29) is 12.6 Å². The largest absolute Gasteiger partial charge is 0.491 e. The molecule has 2 aromatic heterocycles. The topological polar surface area (TPSA) is 77.5 Å². The summed E-state index contributed by atoms with van der Waals surface area (Å²) < 4.78 is 5.90. The summed E-state index contributed by atoms with van der Waals surface area (Å²) in [7, 11) is 0. The molecule has 5 rings (SSSR count). The van der Waals surface area contributed by atoms with Gasteiger partial charge in [0.15, 0.2) is 0 Å². The summed E-state index contributed by atoms with van der Waals surface area (Å²) in [6.45, 7) is 7.66. The third kappa shape index (κ3) is 5.05. The molecule has 4 aromatic rings. The number of H-pyrrole nitrogens is 1. The first-order valence-corrected chi connectivity index (χ1v) is 12.9. The Balaban J connectivity index is 1.43. The Kier molecular flexibility index (Phi) is 7.41. The van der Waals surface area contributed by atoms with E-state index in [0.29, 0.717) is 12.5 Å². The fraction of sp³-hybridized carbons (Fsp3) is 0.357. The molecule has 0 bridgehead atoms. The molecule has 36 heavy (non-hydrogen) atoms. The lowest BCUT2D eigenvalue weighted by molar-refractivity contribution is 0.0716. The van der Waals surface area contributed by atoms with E-state index in [4.69, 9.17) is 16.3 Å². The monoisotopic (exact) mass is 505 g/mol. The molecule has 2 aromatic carbocycles. The molecule has 1 aliphatic heterocycles. The van der Waals surface area contributed by atoms with Gasteiger partial charge in [0, 0.05) is 47.1 Å². The van der Waals surface area contributed by atoms with Crippen LogP contribution < -0.4 is 9.64 Å². The van der Waals surface area contributed by atoms with Gasteiger partial charge < -0.3 is 24.6 Å². The van der Waals surface area contributed by atoms with Crippen LogP contribution in [0, 0.1) is 0 Å². The van der Waals surface area contributed by atoms with Gasteiger partial charge in [0.1, 0.15) is 18.5 Å². The van der Waals surface area contributed by atoms with Gasteiger partial charge in [-0.15, -0.1) is 0 Å². The zero-order valence-corrected chi connectivity index (χ0v) is 21.4. The highest BCUT2D eigenvalue weighted by molar-refractivity contribution is 6.31. The molecule has 0 amide bonds. The van der Waals surface area contributed by atoms with Crippen LogP contribution in [0.25, 0.3) is 10.9 Å². The fourth-order valence-corrected chi connectivity index (χ4v) is 5.21. The van der Waals surface area contributed by atoms with Gasteiger partial charge in [-0.2, -0.15) is 0 Å². The number of rotatable bonds is 9. The number of anilines is 1. The summed E-state index contributed by atoms with van der Waals surface area (Å²) in [4.78, 5) is 17.2. The average molecular weight is 506 g/mol. The number of aliphatic hydroxyl groups is 1. The molecule has 0 saturated carbocycles. The number of halogens is 1. The van der Waals surface area contributed by atoms with Crippen molar-refractivity contribution in [3.8, 4) is 5.75 Å². The summed E-state index contributed by atoms with van der Waals surface area (Å²) in [5.74, 6) is 1.43. The molecule has 188 valence electrons. The zero-order chi connectivity index (χ0) is 25.1. The number of aromatic amines is 1. The van der Waals surface area contributed by atoms with Gasteiger partial charge in [-0.1, -0.05) is 37.6 Å². The van der Waals surface area contributed by atoms with Gasteiger partial charge >= 0.3 is 0 Å². The van der Waals surface area contributed by atoms with E-state index >= 15 is 0 Å². The van der Waals surface area contributed by atoms with Crippen molar-refractivity contribution < 1.29 is 9.84 Å². The van der Waals surface area contributed by atoms with Gasteiger partial charge in [-0.05, 0) is 67.0 Å². The Morgan fingerprint density at radius 1 is 1.14 bits per heavy atom. The SMILES string of the molecule is CCN(CC)CC(O)COc1ccc(C2c3[nH]c4ccc(Cl)cc4c3CCN2c2ncccn2)cc1. The lowest BCUT2D eigenvalue weighted by Gasteiger charge is -2.36. The summed E-state index contributed by atoms with van der Waals surface area (Å²) in [6, 6.07) is 15.9. The summed E-state index contributed by atoms with van der Waals surface area (Å²) >= 11 is 6.33. The molecule has 1 aliphatic rings. The summed E-state index contributed by atoms with van der Waals surface area (Å²) in [6.07, 6.45) is 3.89. The second-order valence-corrected chi connectivity index (χ2v) is 9.56. The lowest BCUT2D eigenvalue weighted by Crippen LogP contribution is -2.37. The Hall–Kier alpha value is -3.13. The summed E-state index contributed by atoms with van der Waals surface area (Å²) in [5, 5.41) is 12.3. The predicted octanol–water partition coefficient (Wildman–Crippen LogP) is 4.84. The molecule has 3 heterocycles. The van der Waals surface area contributed by atoms with Crippen LogP contribution in [0.4, 0.5) is 5.95 Å². The lowest BCUT2D eigenvalue weighted by atomic mass is 9.92. The van der Waals surface area contributed by atoms with Crippen molar-refractivity contribution in [2.24, 2.45) is 0 Å². The van der Waals surface area contributed by atoms with Crippen molar-refractivity contribution in [2.45, 2.75) is 32.4 Å². The Bertz CT molecular complexity index is 1290.